The van der Waals surface area contributed by atoms with Crippen LogP contribution in [0.2, 0.25) is 0 Å². The molecule has 32 heavy (non-hydrogen) atoms. The fourth-order valence-electron chi connectivity index (χ4n) is 4.54. The van der Waals surface area contributed by atoms with Crippen molar-refractivity contribution in [1.82, 2.24) is 19.9 Å². The summed E-state index contributed by atoms with van der Waals surface area (Å²) in [5.74, 6) is 1.47. The Balaban J connectivity index is 1.56. The number of imidazole rings is 2. The molecule has 0 aliphatic heterocycles. The van der Waals surface area contributed by atoms with Crippen molar-refractivity contribution >= 4 is 32.6 Å². The summed E-state index contributed by atoms with van der Waals surface area (Å²) in [7, 11) is 0. The normalized spacial score (nSPS) is 11.7. The predicted molar refractivity (Wildman–Crippen MR) is 128 cm³/mol. The smallest absolute Gasteiger partial charge is 0.133 e. The lowest BCUT2D eigenvalue weighted by atomic mass is 9.95. The summed E-state index contributed by atoms with van der Waals surface area (Å²) in [4.78, 5) is 15.6. The van der Waals surface area contributed by atoms with Crippen LogP contribution in [-0.2, 0) is 6.42 Å². The molecule has 0 spiro atoms. The molecule has 4 aromatic carbocycles. The molecule has 0 atom stereocenters. The molecule has 0 aliphatic carbocycles. The van der Waals surface area contributed by atoms with Gasteiger partial charge in [-0.05, 0) is 47.0 Å². The van der Waals surface area contributed by atoms with Gasteiger partial charge in [-0.1, -0.05) is 49.4 Å². The zero-order valence-electron chi connectivity index (χ0n) is 17.8. The molecule has 6 aromatic rings. The number of H-pyrrole nitrogens is 2. The van der Waals surface area contributed by atoms with Crippen LogP contribution in [0.3, 0.4) is 0 Å². The number of hydrogen-bond acceptors (Lipinski definition) is 2. The Morgan fingerprint density at radius 1 is 0.844 bits per heavy atom. The van der Waals surface area contributed by atoms with Gasteiger partial charge in [0, 0.05) is 22.8 Å². The topological polar surface area (TPSA) is 57.4 Å². The van der Waals surface area contributed by atoms with E-state index in [1.165, 1.54) is 0 Å². The number of halogens is 1. The van der Waals surface area contributed by atoms with Crippen LogP contribution in [0.25, 0.3) is 55.0 Å². The van der Waals surface area contributed by atoms with Crippen molar-refractivity contribution in [2.24, 2.45) is 0 Å². The maximum atomic E-state index is 15.0. The zero-order chi connectivity index (χ0) is 21.8. The molecule has 4 nitrogen and oxygen atoms in total. The number of benzene rings is 4. The highest BCUT2D eigenvalue weighted by atomic mass is 19.1. The lowest BCUT2D eigenvalue weighted by Crippen LogP contribution is -1.88. The van der Waals surface area contributed by atoms with Gasteiger partial charge in [-0.25, -0.2) is 14.4 Å². The Kier molecular flexibility index (Phi) is 4.12. The number of fused-ring (bicyclic) bond motifs is 6. The van der Waals surface area contributed by atoms with Gasteiger partial charge in [0.05, 0.1) is 22.9 Å². The molecule has 0 radical (unpaired) electrons. The van der Waals surface area contributed by atoms with Crippen LogP contribution >= 0.6 is 0 Å². The fourth-order valence-corrected chi connectivity index (χ4v) is 4.54. The molecular formula is C27H21FN4. The highest BCUT2D eigenvalue weighted by Crippen LogP contribution is 2.36. The molecule has 2 heterocycles. The van der Waals surface area contributed by atoms with E-state index in [0.717, 1.165) is 61.8 Å². The standard InChI is InChI=1S/C27H21FN4/c1-3-25-31-26-19-7-5-4-6-18(19)22-12-16(8-10-20(22)27(26)32-25)17-9-11-21(23(28)13-17)24-14-29-15(2)30-24/h4-14H,3H2,1-2H3,(H,29,30)(H,31,32). The summed E-state index contributed by atoms with van der Waals surface area (Å²) in [6.07, 6.45) is 2.51. The van der Waals surface area contributed by atoms with E-state index in [4.69, 9.17) is 4.98 Å². The number of aromatic amines is 2. The van der Waals surface area contributed by atoms with Crippen LogP contribution in [-0.4, -0.2) is 19.9 Å². The van der Waals surface area contributed by atoms with Crippen LogP contribution in [0, 0.1) is 12.7 Å². The van der Waals surface area contributed by atoms with Gasteiger partial charge in [0.2, 0.25) is 0 Å². The first-order valence-corrected chi connectivity index (χ1v) is 10.8. The minimum absolute atomic E-state index is 0.271. The summed E-state index contributed by atoms with van der Waals surface area (Å²) in [6.45, 7) is 3.96. The second-order valence-corrected chi connectivity index (χ2v) is 8.14. The lowest BCUT2D eigenvalue weighted by Gasteiger charge is -2.10. The number of hydrogen-bond donors (Lipinski definition) is 2. The maximum Gasteiger partial charge on any atom is 0.133 e. The second kappa shape index (κ2) is 7.02. The molecule has 2 aromatic heterocycles. The molecule has 0 bridgehead atoms. The third-order valence-electron chi connectivity index (χ3n) is 6.14. The van der Waals surface area contributed by atoms with Gasteiger partial charge in [-0.3, -0.25) is 0 Å². The van der Waals surface area contributed by atoms with Crippen LogP contribution < -0.4 is 0 Å². The summed E-state index contributed by atoms with van der Waals surface area (Å²) in [5.41, 5.74) is 5.08. The van der Waals surface area contributed by atoms with Gasteiger partial charge >= 0.3 is 0 Å². The van der Waals surface area contributed by atoms with Gasteiger partial charge in [-0.15, -0.1) is 0 Å². The second-order valence-electron chi connectivity index (χ2n) is 8.14. The van der Waals surface area contributed by atoms with Gasteiger partial charge in [0.15, 0.2) is 0 Å². The van der Waals surface area contributed by atoms with E-state index < -0.39 is 0 Å². The van der Waals surface area contributed by atoms with Crippen LogP contribution in [0.4, 0.5) is 4.39 Å². The summed E-state index contributed by atoms with van der Waals surface area (Å²) < 4.78 is 15.0. The highest BCUT2D eigenvalue weighted by molar-refractivity contribution is 6.23. The van der Waals surface area contributed by atoms with E-state index in [-0.39, 0.29) is 5.82 Å². The van der Waals surface area contributed by atoms with Gasteiger partial charge < -0.3 is 9.97 Å². The van der Waals surface area contributed by atoms with Crippen molar-refractivity contribution in [2.75, 3.05) is 0 Å². The zero-order valence-corrected chi connectivity index (χ0v) is 17.8. The van der Waals surface area contributed by atoms with E-state index >= 15 is 0 Å². The van der Waals surface area contributed by atoms with Gasteiger partial charge in [0.1, 0.15) is 17.5 Å². The van der Waals surface area contributed by atoms with E-state index in [9.17, 15) is 4.39 Å². The molecule has 156 valence electrons. The van der Waals surface area contributed by atoms with Crippen LogP contribution in [0.1, 0.15) is 18.6 Å². The molecule has 0 amide bonds. The van der Waals surface area contributed by atoms with Crippen molar-refractivity contribution in [3.8, 4) is 22.4 Å². The van der Waals surface area contributed by atoms with Crippen molar-refractivity contribution < 1.29 is 4.39 Å². The average Bonchev–Trinajstić information content (AvgIpc) is 3.45. The van der Waals surface area contributed by atoms with Crippen molar-refractivity contribution in [2.45, 2.75) is 20.3 Å². The van der Waals surface area contributed by atoms with E-state index in [1.54, 1.807) is 12.3 Å². The maximum absolute atomic E-state index is 15.0. The molecule has 2 N–H and O–H groups in total. The first-order valence-electron chi connectivity index (χ1n) is 10.8. The predicted octanol–water partition coefficient (Wildman–Crippen LogP) is 6.94. The molecule has 5 heteroatoms. The Morgan fingerprint density at radius 2 is 1.62 bits per heavy atom. The molecule has 0 saturated heterocycles. The minimum atomic E-state index is -0.271. The lowest BCUT2D eigenvalue weighted by molar-refractivity contribution is 0.631. The first kappa shape index (κ1) is 18.8. The van der Waals surface area contributed by atoms with Crippen molar-refractivity contribution in [3.05, 3.63) is 84.3 Å². The van der Waals surface area contributed by atoms with Gasteiger partial charge in [-0.2, -0.15) is 0 Å². The van der Waals surface area contributed by atoms with Crippen LogP contribution in [0.5, 0.6) is 0 Å². The number of aryl methyl sites for hydroxylation is 2. The Morgan fingerprint density at radius 3 is 2.38 bits per heavy atom. The quantitative estimate of drug-likeness (QED) is 0.305. The van der Waals surface area contributed by atoms with Crippen molar-refractivity contribution in [1.29, 1.82) is 0 Å². The largest absolute Gasteiger partial charge is 0.342 e. The Bertz CT molecular complexity index is 1640. The summed E-state index contributed by atoms with van der Waals surface area (Å²) in [6, 6.07) is 20.0. The van der Waals surface area contributed by atoms with E-state index in [0.29, 0.717) is 11.3 Å². The molecule has 0 saturated carbocycles. The molecule has 6 rings (SSSR count). The van der Waals surface area contributed by atoms with E-state index in [2.05, 4.69) is 58.3 Å². The third-order valence-corrected chi connectivity index (χ3v) is 6.14. The highest BCUT2D eigenvalue weighted by Gasteiger charge is 2.14. The van der Waals surface area contributed by atoms with Crippen LogP contribution in [0.15, 0.2) is 66.9 Å². The summed E-state index contributed by atoms with van der Waals surface area (Å²) >= 11 is 0. The number of nitrogens with one attached hydrogen (secondary N) is 2. The minimum Gasteiger partial charge on any atom is -0.342 e. The third kappa shape index (κ3) is 2.82. The summed E-state index contributed by atoms with van der Waals surface area (Å²) in [5, 5.41) is 4.53. The number of aromatic nitrogens is 4. The molecule has 0 unspecified atom stereocenters. The fraction of sp³-hybridized carbons (Fsp3) is 0.111. The Hall–Kier alpha value is -3.99. The van der Waals surface area contributed by atoms with Crippen molar-refractivity contribution in [3.63, 3.8) is 0 Å². The number of rotatable bonds is 3. The monoisotopic (exact) mass is 420 g/mol. The number of nitrogens with zero attached hydrogens (tertiary/aromatic N) is 2. The molecule has 0 aliphatic rings. The molecular weight excluding hydrogens is 399 g/mol. The van der Waals surface area contributed by atoms with E-state index in [1.807, 2.05) is 25.1 Å². The average molecular weight is 420 g/mol. The molecule has 0 fully saturated rings. The first-order chi connectivity index (χ1) is 15.6. The van der Waals surface area contributed by atoms with Gasteiger partial charge in [0.25, 0.3) is 0 Å². The SMILES string of the molecule is CCc1nc2c3ccccc3c3cc(-c4ccc(-c5cnc(C)[nH]5)c(F)c4)ccc3c2[nH]1. The Labute approximate surface area is 184 Å².